The van der Waals surface area contributed by atoms with Crippen molar-refractivity contribution in [3.05, 3.63) is 11.4 Å². The van der Waals surface area contributed by atoms with Crippen LogP contribution in [0.3, 0.4) is 0 Å². The number of hydrogen-bond donors (Lipinski definition) is 0. The second-order valence-electron chi connectivity index (χ2n) is 2.71. The van der Waals surface area contributed by atoms with Crippen molar-refractivity contribution >= 4 is 8.37 Å². The van der Waals surface area contributed by atoms with Crippen molar-refractivity contribution in [1.29, 1.82) is 0 Å². The standard InChI is InChI=1S/C9H18N2P/c1-5-6-7-10-8(2)9(3)11-12-4/h5-7H2,1-4H3. The predicted octanol–water partition coefficient (Wildman–Crippen LogP) is 3.40. The van der Waals surface area contributed by atoms with Gasteiger partial charge in [-0.3, -0.25) is 5.32 Å². The number of nitrogens with zero attached hydrogens (tertiary/aromatic N) is 2. The number of hydrogen-bond acceptors (Lipinski definition) is 1. The highest BCUT2D eigenvalue weighted by Crippen LogP contribution is 2.08. The van der Waals surface area contributed by atoms with Crippen LogP contribution < -0.4 is 5.32 Å². The molecular weight excluding hydrogens is 167 g/mol. The highest BCUT2D eigenvalue weighted by Gasteiger charge is 1.94. The number of allylic oxidation sites excluding steroid dienone is 2. The molecule has 0 spiro atoms. The fourth-order valence-corrected chi connectivity index (χ4v) is 1.19. The molecule has 0 aromatic rings. The van der Waals surface area contributed by atoms with Crippen LogP contribution >= 0.6 is 8.37 Å². The topological polar surface area (TPSA) is 26.5 Å². The van der Waals surface area contributed by atoms with E-state index in [0.717, 1.165) is 26.3 Å². The van der Waals surface area contributed by atoms with Crippen molar-refractivity contribution in [2.24, 2.45) is 4.74 Å². The quantitative estimate of drug-likeness (QED) is 0.463. The minimum atomic E-state index is 0.940. The molecule has 0 rings (SSSR count). The molecule has 3 heteroatoms. The Morgan fingerprint density at radius 3 is 2.42 bits per heavy atom. The summed E-state index contributed by atoms with van der Waals surface area (Å²) in [5.41, 5.74) is 2.15. The van der Waals surface area contributed by atoms with Gasteiger partial charge >= 0.3 is 0 Å². The van der Waals surface area contributed by atoms with Gasteiger partial charge in [0, 0.05) is 14.9 Å². The van der Waals surface area contributed by atoms with Gasteiger partial charge in [-0.15, -0.1) is 0 Å². The maximum atomic E-state index is 4.41. The van der Waals surface area contributed by atoms with Crippen molar-refractivity contribution in [3.63, 3.8) is 0 Å². The maximum absolute atomic E-state index is 4.41. The molecule has 1 radical (unpaired) electrons. The molecule has 0 N–H and O–H groups in total. The van der Waals surface area contributed by atoms with Gasteiger partial charge in [0.05, 0.1) is 11.4 Å². The normalized spacial score (nSPS) is 13.3. The van der Waals surface area contributed by atoms with Crippen LogP contribution in [0.4, 0.5) is 0 Å². The van der Waals surface area contributed by atoms with Gasteiger partial charge in [0.25, 0.3) is 0 Å². The van der Waals surface area contributed by atoms with Gasteiger partial charge in [0.2, 0.25) is 0 Å². The SMILES string of the molecule is CCCC[N]C(C)=C(C)N=PC. The van der Waals surface area contributed by atoms with Crippen molar-refractivity contribution in [3.8, 4) is 0 Å². The van der Waals surface area contributed by atoms with Gasteiger partial charge in [-0.05, 0) is 26.9 Å². The Hall–Kier alpha value is -0.360. The Kier molecular flexibility index (Phi) is 7.08. The van der Waals surface area contributed by atoms with Gasteiger partial charge in [-0.2, -0.15) is 0 Å². The lowest BCUT2D eigenvalue weighted by atomic mass is 10.3. The molecule has 0 heterocycles. The molecule has 0 atom stereocenters. The molecule has 0 aliphatic carbocycles. The summed E-state index contributed by atoms with van der Waals surface area (Å²) < 4.78 is 4.26. The molecule has 0 saturated heterocycles. The zero-order valence-electron chi connectivity index (χ0n) is 8.46. The lowest BCUT2D eigenvalue weighted by Gasteiger charge is -2.03. The first kappa shape index (κ1) is 11.6. The van der Waals surface area contributed by atoms with Crippen LogP contribution in [0, 0.1) is 0 Å². The van der Waals surface area contributed by atoms with Crippen LogP contribution in [0.15, 0.2) is 16.1 Å². The third-order valence-electron chi connectivity index (χ3n) is 1.63. The molecule has 0 aromatic carbocycles. The van der Waals surface area contributed by atoms with Crippen molar-refractivity contribution in [2.45, 2.75) is 33.6 Å². The first-order chi connectivity index (χ1) is 5.72. The van der Waals surface area contributed by atoms with Crippen molar-refractivity contribution < 1.29 is 0 Å². The summed E-state index contributed by atoms with van der Waals surface area (Å²) in [5.74, 6) is 0. The third-order valence-corrected chi connectivity index (χ3v) is 2.13. The smallest absolute Gasteiger partial charge is 0.0625 e. The van der Waals surface area contributed by atoms with E-state index in [2.05, 4.69) is 17.0 Å². The molecule has 0 aromatic heterocycles. The zero-order valence-corrected chi connectivity index (χ0v) is 9.36. The Bertz CT molecular complexity index is 173. The molecule has 2 nitrogen and oxygen atoms in total. The van der Waals surface area contributed by atoms with Crippen LogP contribution in [0.5, 0.6) is 0 Å². The van der Waals surface area contributed by atoms with E-state index in [-0.39, 0.29) is 0 Å². The van der Waals surface area contributed by atoms with E-state index in [1.165, 1.54) is 12.8 Å². The Balaban J connectivity index is 3.82. The fourth-order valence-electron chi connectivity index (χ4n) is 0.742. The highest BCUT2D eigenvalue weighted by atomic mass is 31.1. The lowest BCUT2D eigenvalue weighted by molar-refractivity contribution is 0.694. The Morgan fingerprint density at radius 1 is 1.25 bits per heavy atom. The van der Waals surface area contributed by atoms with Crippen LogP contribution in [-0.4, -0.2) is 13.2 Å². The highest BCUT2D eigenvalue weighted by molar-refractivity contribution is 7.25. The second-order valence-corrected chi connectivity index (χ2v) is 3.31. The second kappa shape index (κ2) is 7.30. The van der Waals surface area contributed by atoms with Gasteiger partial charge in [0.15, 0.2) is 0 Å². The van der Waals surface area contributed by atoms with Gasteiger partial charge in [-0.1, -0.05) is 13.3 Å². The molecule has 0 aliphatic rings. The Morgan fingerprint density at radius 2 is 1.92 bits per heavy atom. The van der Waals surface area contributed by atoms with E-state index in [1.54, 1.807) is 0 Å². The monoisotopic (exact) mass is 185 g/mol. The molecular formula is C9H18N2P. The average molecular weight is 185 g/mol. The van der Waals surface area contributed by atoms with Crippen LogP contribution in [0.1, 0.15) is 33.6 Å². The molecule has 0 bridgehead atoms. The lowest BCUT2D eigenvalue weighted by Crippen LogP contribution is -2.04. The van der Waals surface area contributed by atoms with E-state index in [9.17, 15) is 0 Å². The number of rotatable bonds is 5. The first-order valence-electron chi connectivity index (χ1n) is 4.37. The average Bonchev–Trinajstić information content (AvgIpc) is 2.05. The molecule has 12 heavy (non-hydrogen) atoms. The van der Waals surface area contributed by atoms with Crippen molar-refractivity contribution in [2.75, 3.05) is 13.2 Å². The van der Waals surface area contributed by atoms with Crippen LogP contribution in [0.2, 0.25) is 0 Å². The van der Waals surface area contributed by atoms with Crippen molar-refractivity contribution in [1.82, 2.24) is 5.32 Å². The summed E-state index contributed by atoms with van der Waals surface area (Å²) in [6.45, 7) is 9.18. The summed E-state index contributed by atoms with van der Waals surface area (Å²) in [7, 11) is 1.06. The van der Waals surface area contributed by atoms with Crippen LogP contribution in [0.25, 0.3) is 0 Å². The zero-order chi connectivity index (χ0) is 9.40. The van der Waals surface area contributed by atoms with Gasteiger partial charge in [-0.25, -0.2) is 4.74 Å². The Labute approximate surface area is 77.3 Å². The maximum Gasteiger partial charge on any atom is 0.0625 e. The summed E-state index contributed by atoms with van der Waals surface area (Å²) in [5, 5.41) is 4.41. The van der Waals surface area contributed by atoms with E-state index >= 15 is 0 Å². The third kappa shape index (κ3) is 5.31. The minimum absolute atomic E-state index is 0.940. The molecule has 0 unspecified atom stereocenters. The molecule has 0 saturated carbocycles. The summed E-state index contributed by atoms with van der Waals surface area (Å²) >= 11 is 0. The van der Waals surface area contributed by atoms with E-state index in [4.69, 9.17) is 0 Å². The van der Waals surface area contributed by atoms with Gasteiger partial charge in [0.1, 0.15) is 0 Å². The number of unbranched alkanes of at least 4 members (excludes halogenated alkanes) is 1. The summed E-state index contributed by atoms with van der Waals surface area (Å²) in [6, 6.07) is 0. The molecule has 0 fully saturated rings. The van der Waals surface area contributed by atoms with E-state index < -0.39 is 0 Å². The largest absolute Gasteiger partial charge is 0.288 e. The molecule has 0 amide bonds. The minimum Gasteiger partial charge on any atom is -0.288 e. The van der Waals surface area contributed by atoms with Gasteiger partial charge < -0.3 is 0 Å². The molecule has 0 aliphatic heterocycles. The summed E-state index contributed by atoms with van der Waals surface area (Å²) in [4.78, 5) is 0. The fraction of sp³-hybridized carbons (Fsp3) is 0.778. The van der Waals surface area contributed by atoms with E-state index in [1.807, 2.05) is 20.5 Å². The molecule has 69 valence electrons. The van der Waals surface area contributed by atoms with Crippen LogP contribution in [-0.2, 0) is 0 Å². The first-order valence-corrected chi connectivity index (χ1v) is 5.66. The predicted molar refractivity (Wildman–Crippen MR) is 55.6 cm³/mol. The van der Waals surface area contributed by atoms with E-state index in [0.29, 0.717) is 0 Å². The summed E-state index contributed by atoms with van der Waals surface area (Å²) in [6.07, 6.45) is 2.38.